The standard InChI is InChI=1S/C26H35N5O2/c1-26(2,3)17-31-20(12-19-15-28-24(14-27)29-25(19)31)16-30-10-8-18(9-11-30)22-7-6-21(32-4)13-23(22)33-5/h6-7,13,15,18,20H,8-12,16-17H2,1-5H3. The van der Waals surface area contributed by atoms with Gasteiger partial charge in [0, 0.05) is 37.0 Å². The third kappa shape index (κ3) is 5.22. The van der Waals surface area contributed by atoms with Crippen LogP contribution in [0.1, 0.15) is 56.5 Å². The minimum absolute atomic E-state index is 0.134. The molecule has 0 aliphatic carbocycles. The predicted molar refractivity (Wildman–Crippen MR) is 129 cm³/mol. The average molecular weight is 450 g/mol. The lowest BCUT2D eigenvalue weighted by Crippen LogP contribution is -2.47. The van der Waals surface area contributed by atoms with E-state index in [0.29, 0.717) is 12.0 Å². The first-order valence-corrected chi connectivity index (χ1v) is 11.8. The molecule has 1 aromatic heterocycles. The summed E-state index contributed by atoms with van der Waals surface area (Å²) in [6.07, 6.45) is 5.00. The Morgan fingerprint density at radius 2 is 1.91 bits per heavy atom. The number of hydrogen-bond acceptors (Lipinski definition) is 7. The summed E-state index contributed by atoms with van der Waals surface area (Å²) in [5, 5.41) is 9.28. The molecule has 1 saturated heterocycles. The molecule has 2 aliphatic rings. The van der Waals surface area contributed by atoms with Gasteiger partial charge in [0.15, 0.2) is 0 Å². The van der Waals surface area contributed by atoms with Gasteiger partial charge in [-0.2, -0.15) is 5.26 Å². The molecule has 2 aromatic rings. The first-order chi connectivity index (χ1) is 15.8. The lowest BCUT2D eigenvalue weighted by molar-refractivity contribution is 0.196. The minimum atomic E-state index is 0.134. The van der Waals surface area contributed by atoms with Gasteiger partial charge in [0.05, 0.1) is 14.2 Å². The van der Waals surface area contributed by atoms with Crippen molar-refractivity contribution in [3.63, 3.8) is 0 Å². The molecule has 3 heterocycles. The van der Waals surface area contributed by atoms with Crippen LogP contribution < -0.4 is 14.4 Å². The van der Waals surface area contributed by atoms with Crippen molar-refractivity contribution in [1.29, 1.82) is 5.26 Å². The molecular weight excluding hydrogens is 414 g/mol. The fraction of sp³-hybridized carbons (Fsp3) is 0.577. The summed E-state index contributed by atoms with van der Waals surface area (Å²) < 4.78 is 11.0. The first kappa shape index (κ1) is 23.3. The Morgan fingerprint density at radius 3 is 2.55 bits per heavy atom. The van der Waals surface area contributed by atoms with Gasteiger partial charge in [-0.3, -0.25) is 0 Å². The number of ether oxygens (including phenoxy) is 2. The molecule has 33 heavy (non-hydrogen) atoms. The molecule has 1 aromatic carbocycles. The summed E-state index contributed by atoms with van der Waals surface area (Å²) in [6, 6.07) is 8.62. The fourth-order valence-electron chi connectivity index (χ4n) is 5.14. The monoisotopic (exact) mass is 449 g/mol. The van der Waals surface area contributed by atoms with Crippen LogP contribution in [0.5, 0.6) is 11.5 Å². The zero-order valence-electron chi connectivity index (χ0n) is 20.5. The zero-order chi connectivity index (χ0) is 23.6. The fourth-order valence-corrected chi connectivity index (χ4v) is 5.14. The average Bonchev–Trinajstić information content (AvgIpc) is 3.13. The minimum Gasteiger partial charge on any atom is -0.497 e. The van der Waals surface area contributed by atoms with Crippen molar-refractivity contribution in [2.75, 3.05) is 45.3 Å². The summed E-state index contributed by atoms with van der Waals surface area (Å²) in [5.41, 5.74) is 2.57. The SMILES string of the molecule is COc1ccc(C2CCN(CC3Cc4cnc(C#N)nc4N3CC(C)(C)C)CC2)c(OC)c1. The van der Waals surface area contributed by atoms with Crippen molar-refractivity contribution in [3.8, 4) is 17.6 Å². The van der Waals surface area contributed by atoms with Gasteiger partial charge in [0.2, 0.25) is 5.82 Å². The van der Waals surface area contributed by atoms with Crippen LogP contribution in [0.25, 0.3) is 0 Å². The van der Waals surface area contributed by atoms with Crippen molar-refractivity contribution in [3.05, 3.63) is 41.3 Å². The second-order valence-electron chi connectivity index (χ2n) is 10.4. The van der Waals surface area contributed by atoms with Gasteiger partial charge >= 0.3 is 0 Å². The Balaban J connectivity index is 1.44. The van der Waals surface area contributed by atoms with Gasteiger partial charge < -0.3 is 19.3 Å². The van der Waals surface area contributed by atoms with Crippen molar-refractivity contribution in [2.45, 2.75) is 52.0 Å². The molecule has 2 aliphatic heterocycles. The molecule has 0 spiro atoms. The Bertz CT molecular complexity index is 1020. The van der Waals surface area contributed by atoms with Crippen LogP contribution in [-0.4, -0.2) is 61.3 Å². The van der Waals surface area contributed by atoms with E-state index in [1.54, 1.807) is 14.2 Å². The Hall–Kier alpha value is -2.85. The molecular formula is C26H35N5O2. The van der Waals surface area contributed by atoms with Crippen molar-refractivity contribution < 1.29 is 9.47 Å². The highest BCUT2D eigenvalue weighted by molar-refractivity contribution is 5.54. The number of nitrogens with zero attached hydrogens (tertiary/aromatic N) is 5. The van der Waals surface area contributed by atoms with Gasteiger partial charge in [-0.15, -0.1) is 0 Å². The molecule has 7 heteroatoms. The van der Waals surface area contributed by atoms with Crippen molar-refractivity contribution in [2.24, 2.45) is 5.41 Å². The zero-order valence-corrected chi connectivity index (χ0v) is 20.5. The largest absolute Gasteiger partial charge is 0.497 e. The summed E-state index contributed by atoms with van der Waals surface area (Å²) in [4.78, 5) is 13.8. The van der Waals surface area contributed by atoms with E-state index in [4.69, 9.17) is 9.47 Å². The van der Waals surface area contributed by atoms with E-state index in [0.717, 1.165) is 68.3 Å². The lowest BCUT2D eigenvalue weighted by Gasteiger charge is -2.38. The van der Waals surface area contributed by atoms with E-state index in [9.17, 15) is 5.26 Å². The van der Waals surface area contributed by atoms with E-state index in [1.807, 2.05) is 18.3 Å². The van der Waals surface area contributed by atoms with Gasteiger partial charge in [0.1, 0.15) is 23.4 Å². The molecule has 0 radical (unpaired) electrons. The van der Waals surface area contributed by atoms with Crippen LogP contribution in [0.2, 0.25) is 0 Å². The lowest BCUT2D eigenvalue weighted by atomic mass is 9.88. The topological polar surface area (TPSA) is 74.5 Å². The van der Waals surface area contributed by atoms with E-state index in [1.165, 1.54) is 5.56 Å². The molecule has 4 rings (SSSR count). The number of rotatable bonds is 6. The maximum atomic E-state index is 9.28. The molecule has 0 amide bonds. The Kier molecular flexibility index (Phi) is 6.76. The van der Waals surface area contributed by atoms with Gasteiger partial charge in [0.25, 0.3) is 0 Å². The summed E-state index contributed by atoms with van der Waals surface area (Å²) >= 11 is 0. The predicted octanol–water partition coefficient (Wildman–Crippen LogP) is 4.02. The smallest absolute Gasteiger partial charge is 0.234 e. The highest BCUT2D eigenvalue weighted by Crippen LogP contribution is 2.38. The van der Waals surface area contributed by atoms with Gasteiger partial charge in [-0.1, -0.05) is 26.8 Å². The van der Waals surface area contributed by atoms with E-state index >= 15 is 0 Å². The second-order valence-corrected chi connectivity index (χ2v) is 10.4. The number of hydrogen-bond donors (Lipinski definition) is 0. The third-order valence-corrected chi connectivity index (χ3v) is 6.69. The summed E-state index contributed by atoms with van der Waals surface area (Å²) in [7, 11) is 3.42. The van der Waals surface area contributed by atoms with Crippen LogP contribution in [-0.2, 0) is 6.42 Å². The van der Waals surface area contributed by atoms with Crippen LogP contribution in [0.15, 0.2) is 24.4 Å². The number of piperidine rings is 1. The maximum absolute atomic E-state index is 9.28. The molecule has 0 bridgehead atoms. The van der Waals surface area contributed by atoms with Gasteiger partial charge in [-0.05, 0) is 55.3 Å². The number of anilines is 1. The first-order valence-electron chi connectivity index (χ1n) is 11.8. The normalized spacial score (nSPS) is 19.3. The number of aromatic nitrogens is 2. The van der Waals surface area contributed by atoms with Crippen LogP contribution in [0, 0.1) is 16.7 Å². The number of benzene rings is 1. The maximum Gasteiger partial charge on any atom is 0.234 e. The van der Waals surface area contributed by atoms with Crippen molar-refractivity contribution in [1.82, 2.24) is 14.9 Å². The molecule has 1 fully saturated rings. The second kappa shape index (κ2) is 9.56. The number of nitriles is 1. The third-order valence-electron chi connectivity index (χ3n) is 6.69. The molecule has 176 valence electrons. The molecule has 0 saturated carbocycles. The van der Waals surface area contributed by atoms with Crippen LogP contribution in [0.3, 0.4) is 0 Å². The quantitative estimate of drug-likeness (QED) is 0.659. The highest BCUT2D eigenvalue weighted by atomic mass is 16.5. The van der Waals surface area contributed by atoms with Crippen LogP contribution in [0.4, 0.5) is 5.82 Å². The van der Waals surface area contributed by atoms with E-state index in [-0.39, 0.29) is 11.2 Å². The Labute approximate surface area is 197 Å². The van der Waals surface area contributed by atoms with E-state index in [2.05, 4.69) is 52.7 Å². The molecule has 7 nitrogen and oxygen atoms in total. The Morgan fingerprint density at radius 1 is 1.15 bits per heavy atom. The molecule has 1 unspecified atom stereocenters. The summed E-state index contributed by atoms with van der Waals surface area (Å²) in [6.45, 7) is 10.8. The van der Waals surface area contributed by atoms with Crippen LogP contribution >= 0.6 is 0 Å². The van der Waals surface area contributed by atoms with Crippen molar-refractivity contribution >= 4 is 5.82 Å². The number of likely N-dealkylation sites (tertiary alicyclic amines) is 1. The highest BCUT2D eigenvalue weighted by Gasteiger charge is 2.35. The van der Waals surface area contributed by atoms with Gasteiger partial charge in [-0.25, -0.2) is 9.97 Å². The molecule has 1 atom stereocenters. The molecule has 0 N–H and O–H groups in total. The van der Waals surface area contributed by atoms with E-state index < -0.39 is 0 Å². The summed E-state index contributed by atoms with van der Waals surface area (Å²) in [5.74, 6) is 3.44. The number of methoxy groups -OCH3 is 2. The number of fused-ring (bicyclic) bond motifs is 1.